The summed E-state index contributed by atoms with van der Waals surface area (Å²) in [4.78, 5) is 0. The van der Waals surface area contributed by atoms with Crippen LogP contribution in [0.3, 0.4) is 0 Å². The minimum Gasteiger partial charge on any atom is -0.394 e. The minimum absolute atomic E-state index is 0.130. The van der Waals surface area contributed by atoms with E-state index in [0.717, 1.165) is 39.3 Å². The van der Waals surface area contributed by atoms with Crippen molar-refractivity contribution in [1.82, 2.24) is 0 Å². The summed E-state index contributed by atoms with van der Waals surface area (Å²) in [5.74, 6) is 0. The molecular weight excluding hydrogens is 372 g/mol. The first-order valence-corrected chi connectivity index (χ1v) is 11.7. The molecule has 0 spiro atoms. The number of methoxy groups -OCH3 is 1. The van der Waals surface area contributed by atoms with E-state index in [1.807, 2.05) is 6.92 Å². The van der Waals surface area contributed by atoms with Crippen molar-refractivity contribution in [2.24, 2.45) is 0 Å². The lowest BCUT2D eigenvalue weighted by Gasteiger charge is -2.05. The molecule has 1 N–H and O–H groups in total. The fourth-order valence-corrected chi connectivity index (χ4v) is 3.69. The molecule has 0 amide bonds. The molecular formula is C23H46O6. The Morgan fingerprint density at radius 2 is 1.38 bits per heavy atom. The van der Waals surface area contributed by atoms with Gasteiger partial charge in [-0.15, -0.1) is 0 Å². The molecule has 6 nitrogen and oxygen atoms in total. The zero-order chi connectivity index (χ0) is 21.3. The summed E-state index contributed by atoms with van der Waals surface area (Å²) >= 11 is 0. The molecule has 4 aliphatic rings. The van der Waals surface area contributed by atoms with Gasteiger partial charge < -0.3 is 28.8 Å². The van der Waals surface area contributed by atoms with E-state index in [9.17, 15) is 0 Å². The number of aliphatic hydroxyl groups is 1. The summed E-state index contributed by atoms with van der Waals surface area (Å²) in [6.45, 7) is 10.2. The number of ether oxygens (including phenoxy) is 5. The van der Waals surface area contributed by atoms with Crippen LogP contribution in [0.1, 0.15) is 78.6 Å². The van der Waals surface area contributed by atoms with E-state index in [2.05, 4.69) is 13.8 Å². The second-order valence-electron chi connectivity index (χ2n) is 8.29. The third-order valence-electron chi connectivity index (χ3n) is 5.54. The van der Waals surface area contributed by atoms with Gasteiger partial charge in [-0.05, 0) is 71.6 Å². The van der Waals surface area contributed by atoms with Crippen LogP contribution in [0, 0.1) is 0 Å². The Hall–Kier alpha value is -0.240. The molecule has 4 aliphatic heterocycles. The van der Waals surface area contributed by atoms with Gasteiger partial charge in [0.2, 0.25) is 0 Å². The van der Waals surface area contributed by atoms with Crippen LogP contribution in [0.4, 0.5) is 0 Å². The summed E-state index contributed by atoms with van der Waals surface area (Å²) in [6, 6.07) is 0. The first-order chi connectivity index (χ1) is 14.1. The fourth-order valence-electron chi connectivity index (χ4n) is 3.69. The highest BCUT2D eigenvalue weighted by molar-refractivity contribution is 4.68. The van der Waals surface area contributed by atoms with Crippen LogP contribution >= 0.6 is 0 Å². The van der Waals surface area contributed by atoms with Gasteiger partial charge in [-0.2, -0.15) is 0 Å². The number of hydrogen-bond donors (Lipinski definition) is 1. The van der Waals surface area contributed by atoms with Crippen LogP contribution in [0.25, 0.3) is 0 Å². The van der Waals surface area contributed by atoms with Gasteiger partial charge in [-0.1, -0.05) is 6.92 Å². The monoisotopic (exact) mass is 418 g/mol. The third-order valence-corrected chi connectivity index (χ3v) is 5.54. The van der Waals surface area contributed by atoms with Gasteiger partial charge >= 0.3 is 0 Å². The zero-order valence-corrected chi connectivity index (χ0v) is 19.3. The molecule has 29 heavy (non-hydrogen) atoms. The average Bonchev–Trinajstić information content (AvgIpc) is 3.52. The van der Waals surface area contributed by atoms with E-state index < -0.39 is 0 Å². The summed E-state index contributed by atoms with van der Waals surface area (Å²) in [7, 11) is 1.71. The number of rotatable bonds is 4. The van der Waals surface area contributed by atoms with E-state index in [1.54, 1.807) is 7.11 Å². The lowest BCUT2D eigenvalue weighted by atomic mass is 10.2. The molecule has 6 heteroatoms. The smallest absolute Gasteiger partial charge is 0.0810 e. The van der Waals surface area contributed by atoms with Gasteiger partial charge in [0.15, 0.2) is 0 Å². The Kier molecular flexibility index (Phi) is 16.1. The van der Waals surface area contributed by atoms with Crippen molar-refractivity contribution in [2.45, 2.75) is 109 Å². The van der Waals surface area contributed by atoms with Crippen LogP contribution in [0.15, 0.2) is 0 Å². The van der Waals surface area contributed by atoms with Crippen LogP contribution in [0.5, 0.6) is 0 Å². The van der Waals surface area contributed by atoms with Gasteiger partial charge in [-0.25, -0.2) is 0 Å². The van der Waals surface area contributed by atoms with Gasteiger partial charge in [0.25, 0.3) is 0 Å². The highest BCUT2D eigenvalue weighted by Gasteiger charge is 2.20. The standard InChI is InChI=1S/2C6H12O2.C6H12O.C5H10O/c1-5-2-3-6(4-7)8-5;1-7-5-6-3-2-4-8-6;1-2-6-4-3-5-7-6;1-5-3-2-4-6-5/h5-7H,2-4H2,1H3;6H,2-5H2,1H3;6H,2-5H2,1H3;5H,2-4H2,1H3. The Balaban J connectivity index is 0.000000194. The molecule has 4 heterocycles. The summed E-state index contributed by atoms with van der Waals surface area (Å²) < 4.78 is 25.9. The van der Waals surface area contributed by atoms with E-state index in [4.69, 9.17) is 28.8 Å². The maximum absolute atomic E-state index is 8.56. The highest BCUT2D eigenvalue weighted by Crippen LogP contribution is 2.17. The largest absolute Gasteiger partial charge is 0.394 e. The quantitative estimate of drug-likeness (QED) is 0.741. The van der Waals surface area contributed by atoms with Crippen molar-refractivity contribution in [1.29, 1.82) is 0 Å². The predicted octanol–water partition coefficient (Wildman–Crippen LogP) is 4.12. The molecule has 5 atom stereocenters. The SMILES string of the molecule is CC1CCC(CO)O1.CC1CCCO1.CCC1CCCO1.COCC1CCCO1. The maximum Gasteiger partial charge on any atom is 0.0810 e. The molecule has 0 aliphatic carbocycles. The van der Waals surface area contributed by atoms with Gasteiger partial charge in [0.1, 0.15) is 0 Å². The zero-order valence-electron chi connectivity index (χ0n) is 19.3. The summed E-state index contributed by atoms with van der Waals surface area (Å²) in [6.07, 6.45) is 12.8. The van der Waals surface area contributed by atoms with Crippen LogP contribution in [0.2, 0.25) is 0 Å². The van der Waals surface area contributed by atoms with Crippen LogP contribution in [-0.2, 0) is 23.7 Å². The van der Waals surface area contributed by atoms with Crippen LogP contribution in [-0.4, -0.2) is 75.8 Å². The van der Waals surface area contributed by atoms with Crippen molar-refractivity contribution in [3.63, 3.8) is 0 Å². The lowest BCUT2D eigenvalue weighted by Crippen LogP contribution is -2.11. The van der Waals surface area contributed by atoms with Crippen molar-refractivity contribution in [2.75, 3.05) is 40.1 Å². The molecule has 174 valence electrons. The molecule has 0 saturated carbocycles. The van der Waals surface area contributed by atoms with E-state index in [1.165, 1.54) is 44.9 Å². The predicted molar refractivity (Wildman–Crippen MR) is 115 cm³/mol. The highest BCUT2D eigenvalue weighted by atomic mass is 16.5. The fraction of sp³-hybridized carbons (Fsp3) is 1.00. The Morgan fingerprint density at radius 3 is 1.66 bits per heavy atom. The molecule has 4 rings (SSSR count). The second kappa shape index (κ2) is 17.4. The Labute approximate surface area is 178 Å². The molecule has 4 saturated heterocycles. The summed E-state index contributed by atoms with van der Waals surface area (Å²) in [5.41, 5.74) is 0. The molecule has 4 fully saturated rings. The molecule has 0 aromatic heterocycles. The molecule has 0 aromatic carbocycles. The van der Waals surface area contributed by atoms with E-state index in [-0.39, 0.29) is 12.7 Å². The summed E-state index contributed by atoms with van der Waals surface area (Å²) in [5, 5.41) is 8.56. The van der Waals surface area contributed by atoms with Crippen molar-refractivity contribution < 1.29 is 28.8 Å². The number of aliphatic hydroxyl groups excluding tert-OH is 1. The van der Waals surface area contributed by atoms with Crippen LogP contribution < -0.4 is 0 Å². The lowest BCUT2D eigenvalue weighted by molar-refractivity contribution is 0.0198. The topological polar surface area (TPSA) is 66.4 Å². The Bertz CT molecular complexity index is 349. The van der Waals surface area contributed by atoms with Gasteiger partial charge in [0.05, 0.1) is 43.7 Å². The normalized spacial score (nSPS) is 33.2. The maximum atomic E-state index is 8.56. The molecule has 0 bridgehead atoms. The molecule has 0 radical (unpaired) electrons. The minimum atomic E-state index is 0.130. The van der Waals surface area contributed by atoms with Gasteiger partial charge in [0, 0.05) is 26.9 Å². The third kappa shape index (κ3) is 13.6. The first kappa shape index (κ1) is 26.8. The molecule has 0 aromatic rings. The van der Waals surface area contributed by atoms with E-state index in [0.29, 0.717) is 24.4 Å². The molecule has 5 unspecified atom stereocenters. The van der Waals surface area contributed by atoms with Crippen molar-refractivity contribution >= 4 is 0 Å². The van der Waals surface area contributed by atoms with E-state index >= 15 is 0 Å². The van der Waals surface area contributed by atoms with Crippen molar-refractivity contribution in [3.05, 3.63) is 0 Å². The Morgan fingerprint density at radius 1 is 0.759 bits per heavy atom. The average molecular weight is 419 g/mol. The second-order valence-corrected chi connectivity index (χ2v) is 8.29. The van der Waals surface area contributed by atoms with Crippen molar-refractivity contribution in [3.8, 4) is 0 Å². The number of hydrogen-bond acceptors (Lipinski definition) is 6. The first-order valence-electron chi connectivity index (χ1n) is 11.7. The van der Waals surface area contributed by atoms with Gasteiger partial charge in [-0.3, -0.25) is 0 Å².